The van der Waals surface area contributed by atoms with Gasteiger partial charge >= 0.3 is 5.97 Å². The Bertz CT molecular complexity index is 381. The number of ketones is 1. The van der Waals surface area contributed by atoms with Crippen LogP contribution >= 0.6 is 0 Å². The Labute approximate surface area is 150 Å². The highest BCUT2D eigenvalue weighted by Gasteiger charge is 2.10. The maximum absolute atomic E-state index is 11.6. The number of Topliss-reactive ketones (excluding diaryl/α,β-unsaturated/α-hetero) is 1. The number of benzene rings is 1. The number of esters is 1. The molecule has 0 fully saturated rings. The van der Waals surface area contributed by atoms with Crippen molar-refractivity contribution < 1.29 is 14.3 Å². The molecule has 3 heteroatoms. The summed E-state index contributed by atoms with van der Waals surface area (Å²) < 4.78 is 5.16. The summed E-state index contributed by atoms with van der Waals surface area (Å²) in [6.07, 6.45) is 0.706. The number of carbonyl (C=O) groups excluding carboxylic acids is 2. The van der Waals surface area contributed by atoms with Gasteiger partial charge in [0.2, 0.25) is 0 Å². The third kappa shape index (κ3) is 15.3. The van der Waals surface area contributed by atoms with Crippen LogP contribution in [-0.2, 0) is 4.74 Å². The van der Waals surface area contributed by atoms with E-state index in [1.807, 2.05) is 69.2 Å². The summed E-state index contributed by atoms with van der Waals surface area (Å²) in [4.78, 5) is 22.6. The highest BCUT2D eigenvalue weighted by Crippen LogP contribution is 2.08. The highest BCUT2D eigenvalue weighted by atomic mass is 16.5. The highest BCUT2D eigenvalue weighted by molar-refractivity contribution is 5.96. The van der Waals surface area contributed by atoms with Crippen molar-refractivity contribution in [2.24, 2.45) is 0 Å². The third-order valence-electron chi connectivity index (χ3n) is 2.41. The molecule has 0 N–H and O–H groups in total. The van der Waals surface area contributed by atoms with Crippen LogP contribution in [0.25, 0.3) is 0 Å². The fourth-order valence-corrected chi connectivity index (χ4v) is 1.18. The fraction of sp³-hybridized carbons (Fsp3) is 0.619. The topological polar surface area (TPSA) is 43.4 Å². The number of rotatable bonds is 4. The van der Waals surface area contributed by atoms with Gasteiger partial charge in [0.1, 0.15) is 0 Å². The molecule has 142 valence electrons. The first-order chi connectivity index (χ1) is 11.5. The first-order valence-corrected chi connectivity index (χ1v) is 9.36. The second-order valence-electron chi connectivity index (χ2n) is 3.76. The van der Waals surface area contributed by atoms with Crippen molar-refractivity contribution >= 4 is 11.8 Å². The molecule has 1 atom stereocenters. The molecule has 0 heterocycles. The zero-order valence-electron chi connectivity index (χ0n) is 17.8. The van der Waals surface area contributed by atoms with Crippen LogP contribution in [0.5, 0.6) is 0 Å². The van der Waals surface area contributed by atoms with E-state index in [1.54, 1.807) is 24.3 Å². The molecule has 1 aromatic rings. The predicted molar refractivity (Wildman–Crippen MR) is 107 cm³/mol. The van der Waals surface area contributed by atoms with Crippen molar-refractivity contribution in [2.75, 3.05) is 0 Å². The Morgan fingerprint density at radius 1 is 0.833 bits per heavy atom. The Kier molecular flexibility index (Phi) is 29.8. The fourth-order valence-electron chi connectivity index (χ4n) is 1.18. The molecular weight excluding hydrogens is 300 g/mol. The number of ether oxygens (including phenoxy) is 1. The van der Waals surface area contributed by atoms with Gasteiger partial charge < -0.3 is 4.74 Å². The first-order valence-electron chi connectivity index (χ1n) is 9.36. The first kappa shape index (κ1) is 30.3. The van der Waals surface area contributed by atoms with Crippen molar-refractivity contribution in [1.29, 1.82) is 0 Å². The van der Waals surface area contributed by atoms with E-state index in [4.69, 9.17) is 4.74 Å². The molecule has 0 aliphatic carbocycles. The lowest BCUT2D eigenvalue weighted by Crippen LogP contribution is -2.14. The minimum atomic E-state index is -0.343. The van der Waals surface area contributed by atoms with E-state index >= 15 is 0 Å². The van der Waals surface area contributed by atoms with Gasteiger partial charge in [-0.15, -0.1) is 0 Å². The summed E-state index contributed by atoms with van der Waals surface area (Å²) in [5, 5.41) is 0. The Balaban J connectivity index is -0.000000218. The molecular formula is C21H40O3. The van der Waals surface area contributed by atoms with Crippen LogP contribution < -0.4 is 0 Å². The summed E-state index contributed by atoms with van der Waals surface area (Å²) in [7, 11) is 0. The van der Waals surface area contributed by atoms with E-state index in [1.165, 1.54) is 6.92 Å². The maximum atomic E-state index is 11.6. The van der Waals surface area contributed by atoms with Gasteiger partial charge in [-0.2, -0.15) is 0 Å². The molecule has 1 rings (SSSR count). The van der Waals surface area contributed by atoms with E-state index in [-0.39, 0.29) is 17.9 Å². The quantitative estimate of drug-likeness (QED) is 0.440. The molecule has 0 amide bonds. The number of carbonyl (C=O) groups is 2. The van der Waals surface area contributed by atoms with Crippen molar-refractivity contribution in [3.63, 3.8) is 0 Å². The Hall–Kier alpha value is -1.64. The average Bonchev–Trinajstić information content (AvgIpc) is 2.68. The van der Waals surface area contributed by atoms with Crippen LogP contribution in [0.1, 0.15) is 103 Å². The molecule has 0 bridgehead atoms. The normalized spacial score (nSPS) is 8.96. The van der Waals surface area contributed by atoms with E-state index < -0.39 is 0 Å². The molecule has 24 heavy (non-hydrogen) atoms. The molecule has 0 saturated carbocycles. The van der Waals surface area contributed by atoms with Crippen LogP contribution in [0, 0.1) is 0 Å². The van der Waals surface area contributed by atoms with E-state index in [9.17, 15) is 9.59 Å². The van der Waals surface area contributed by atoms with Crippen LogP contribution in [0.4, 0.5) is 0 Å². The average molecular weight is 341 g/mol. The van der Waals surface area contributed by atoms with Crippen molar-refractivity contribution in [2.45, 2.75) is 88.7 Å². The summed E-state index contributed by atoms with van der Waals surface area (Å²) in [6, 6.07) is 6.49. The van der Waals surface area contributed by atoms with Gasteiger partial charge in [0, 0.05) is 5.56 Å². The molecule has 0 saturated heterocycles. The summed E-state index contributed by atoms with van der Waals surface area (Å²) in [5.41, 5.74) is 1.07. The standard InChI is InChI=1S/C13H16O3.4C2H6/c1-4-9(2)16-13(15)12-7-5-11(6-8-12)10(3)14;4*1-2/h5-9H,4H2,1-3H3;4*1-2H3. The number of hydrogen-bond acceptors (Lipinski definition) is 3. The van der Waals surface area contributed by atoms with Crippen molar-refractivity contribution in [1.82, 2.24) is 0 Å². The van der Waals surface area contributed by atoms with E-state index in [0.29, 0.717) is 11.1 Å². The second-order valence-corrected chi connectivity index (χ2v) is 3.76. The molecule has 0 aromatic heterocycles. The third-order valence-corrected chi connectivity index (χ3v) is 2.41. The minimum absolute atomic E-state index is 0.0122. The number of hydrogen-bond donors (Lipinski definition) is 0. The summed E-state index contributed by atoms with van der Waals surface area (Å²) in [5.74, 6) is -0.355. The predicted octanol–water partition coefficient (Wildman–Crippen LogP) is 6.95. The molecule has 0 spiro atoms. The molecule has 1 unspecified atom stereocenters. The van der Waals surface area contributed by atoms with Crippen LogP contribution in [0.3, 0.4) is 0 Å². The van der Waals surface area contributed by atoms with Gasteiger partial charge in [0.15, 0.2) is 5.78 Å². The zero-order valence-corrected chi connectivity index (χ0v) is 17.8. The van der Waals surface area contributed by atoms with Gasteiger partial charge in [0.05, 0.1) is 11.7 Å². The van der Waals surface area contributed by atoms with Gasteiger partial charge in [-0.05, 0) is 32.4 Å². The second kappa shape index (κ2) is 23.6. The van der Waals surface area contributed by atoms with Crippen molar-refractivity contribution in [3.8, 4) is 0 Å². The molecule has 1 aromatic carbocycles. The summed E-state index contributed by atoms with van der Waals surface area (Å²) in [6.45, 7) is 21.3. The molecule has 0 radical (unpaired) electrons. The molecule has 0 aliphatic heterocycles. The van der Waals surface area contributed by atoms with Gasteiger partial charge in [0.25, 0.3) is 0 Å². The van der Waals surface area contributed by atoms with Gasteiger partial charge in [-0.25, -0.2) is 4.79 Å². The van der Waals surface area contributed by atoms with E-state index in [0.717, 1.165) is 6.42 Å². The lowest BCUT2D eigenvalue weighted by molar-refractivity contribution is 0.0334. The smallest absolute Gasteiger partial charge is 0.338 e. The SMILES string of the molecule is CC.CC.CC.CC.CCC(C)OC(=O)c1ccc(C(C)=O)cc1. The lowest BCUT2D eigenvalue weighted by atomic mass is 10.1. The van der Waals surface area contributed by atoms with E-state index in [2.05, 4.69) is 0 Å². The maximum Gasteiger partial charge on any atom is 0.338 e. The van der Waals surface area contributed by atoms with Crippen molar-refractivity contribution in [3.05, 3.63) is 35.4 Å². The van der Waals surface area contributed by atoms with Crippen LogP contribution in [0.15, 0.2) is 24.3 Å². The zero-order chi connectivity index (χ0) is 20.1. The minimum Gasteiger partial charge on any atom is -0.459 e. The van der Waals surface area contributed by atoms with Crippen LogP contribution in [0.2, 0.25) is 0 Å². The molecule has 3 nitrogen and oxygen atoms in total. The van der Waals surface area contributed by atoms with Crippen LogP contribution in [-0.4, -0.2) is 17.9 Å². The van der Waals surface area contributed by atoms with Gasteiger partial charge in [-0.3, -0.25) is 4.79 Å². The molecule has 0 aliphatic rings. The lowest BCUT2D eigenvalue weighted by Gasteiger charge is -2.10. The Morgan fingerprint density at radius 2 is 1.17 bits per heavy atom. The Morgan fingerprint density at radius 3 is 1.46 bits per heavy atom. The largest absolute Gasteiger partial charge is 0.459 e. The monoisotopic (exact) mass is 340 g/mol. The van der Waals surface area contributed by atoms with Gasteiger partial charge in [-0.1, -0.05) is 74.4 Å². The summed E-state index contributed by atoms with van der Waals surface area (Å²) >= 11 is 0.